The number of methoxy groups -OCH3 is 2. The Morgan fingerprint density at radius 3 is 2.04 bits per heavy atom. The van der Waals surface area contributed by atoms with Crippen LogP contribution in [0.4, 0.5) is 0 Å². The molecule has 0 fully saturated rings. The maximum atomic E-state index is 12.0. The third-order valence-electron chi connectivity index (χ3n) is 3.45. The molecule has 0 aliphatic carbocycles. The van der Waals surface area contributed by atoms with Gasteiger partial charge in [0.15, 0.2) is 5.92 Å². The number of carbonyl (C=O) groups excluding carboxylic acids is 2. The summed E-state index contributed by atoms with van der Waals surface area (Å²) < 4.78 is 35.8. The van der Waals surface area contributed by atoms with Gasteiger partial charge in [-0.25, -0.2) is 0 Å². The van der Waals surface area contributed by atoms with E-state index in [-0.39, 0.29) is 6.42 Å². The highest BCUT2D eigenvalue weighted by Crippen LogP contribution is 2.26. The van der Waals surface area contributed by atoms with Crippen LogP contribution < -0.4 is 0 Å². The molecule has 9 heteroatoms. The smallest absolute Gasteiger partial charge is 0.325 e. The highest BCUT2D eigenvalue weighted by atomic mass is 32.2. The lowest BCUT2D eigenvalue weighted by atomic mass is 9.83. The summed E-state index contributed by atoms with van der Waals surface area (Å²) in [7, 11) is -1.30. The van der Waals surface area contributed by atoms with E-state index < -0.39 is 33.9 Å². The number of esters is 2. The molecule has 1 atom stereocenters. The van der Waals surface area contributed by atoms with Gasteiger partial charge in [0.1, 0.15) is 0 Å². The van der Waals surface area contributed by atoms with Gasteiger partial charge in [0.2, 0.25) is 0 Å². The summed E-state index contributed by atoms with van der Waals surface area (Å²) in [5.41, 5.74) is 0.361. The van der Waals surface area contributed by atoms with Gasteiger partial charge in [0.25, 0.3) is 0 Å². The van der Waals surface area contributed by atoms with Gasteiger partial charge in [-0.05, 0) is 25.7 Å². The molecule has 0 radical (unpaired) electrons. The van der Waals surface area contributed by atoms with Gasteiger partial charge >= 0.3 is 22.1 Å². The zero-order valence-electron chi connectivity index (χ0n) is 14.9. The Morgan fingerprint density at radius 2 is 1.62 bits per heavy atom. The molecular weight excluding hydrogens is 338 g/mol. The summed E-state index contributed by atoms with van der Waals surface area (Å²) in [5, 5.41) is 3.54. The number of ether oxygens (including phenoxy) is 2. The first-order valence-electron chi connectivity index (χ1n) is 7.74. The first-order valence-corrected chi connectivity index (χ1v) is 9.55. The zero-order chi connectivity index (χ0) is 18.8. The normalized spacial score (nSPS) is 13.5. The number of rotatable bonds is 11. The van der Waals surface area contributed by atoms with Crippen molar-refractivity contribution in [1.82, 2.24) is 0 Å². The van der Waals surface area contributed by atoms with Gasteiger partial charge in [-0.2, -0.15) is 8.42 Å². The molecule has 0 saturated carbocycles. The van der Waals surface area contributed by atoms with E-state index in [1.54, 1.807) is 6.92 Å². The summed E-state index contributed by atoms with van der Waals surface area (Å²) in [6, 6.07) is 0. The van der Waals surface area contributed by atoms with Crippen molar-refractivity contribution in [3.8, 4) is 0 Å². The van der Waals surface area contributed by atoms with Crippen LogP contribution in [0.2, 0.25) is 0 Å². The Morgan fingerprint density at radius 1 is 1.08 bits per heavy atom. The van der Waals surface area contributed by atoms with Gasteiger partial charge in [-0.15, -0.1) is 0 Å². The molecule has 0 aliphatic heterocycles. The van der Waals surface area contributed by atoms with E-state index >= 15 is 0 Å². The van der Waals surface area contributed by atoms with Crippen molar-refractivity contribution in [1.29, 1.82) is 0 Å². The lowest BCUT2D eigenvalue weighted by Crippen LogP contribution is -2.34. The molecule has 0 rings (SSSR count). The second kappa shape index (κ2) is 11.0. The minimum atomic E-state index is -3.71. The van der Waals surface area contributed by atoms with E-state index in [1.807, 2.05) is 6.92 Å². The van der Waals surface area contributed by atoms with Crippen LogP contribution in [-0.2, 0) is 33.5 Å². The second-order valence-electron chi connectivity index (χ2n) is 5.59. The minimum absolute atomic E-state index is 0.216. The summed E-state index contributed by atoms with van der Waals surface area (Å²) in [5.74, 6) is -2.86. The third-order valence-corrected chi connectivity index (χ3v) is 3.79. The second-order valence-corrected chi connectivity index (χ2v) is 7.15. The number of nitrogens with zero attached hydrogens (tertiary/aromatic N) is 1. The van der Waals surface area contributed by atoms with Crippen LogP contribution in [0.25, 0.3) is 0 Å². The maximum absolute atomic E-state index is 12.0. The van der Waals surface area contributed by atoms with Crippen LogP contribution in [-0.4, -0.2) is 46.5 Å². The van der Waals surface area contributed by atoms with E-state index in [4.69, 9.17) is 9.47 Å². The first kappa shape index (κ1) is 22.4. The van der Waals surface area contributed by atoms with Crippen molar-refractivity contribution in [2.75, 3.05) is 20.5 Å². The van der Waals surface area contributed by atoms with Crippen LogP contribution in [0, 0.1) is 11.8 Å². The predicted octanol–water partition coefficient (Wildman–Crippen LogP) is 1.89. The molecule has 0 amide bonds. The minimum Gasteiger partial charge on any atom is -0.468 e. The molecule has 0 spiro atoms. The van der Waals surface area contributed by atoms with E-state index in [1.165, 1.54) is 14.2 Å². The van der Waals surface area contributed by atoms with Crippen LogP contribution >= 0.6 is 0 Å². The Hall–Kier alpha value is -1.64. The first-order chi connectivity index (χ1) is 11.2. The van der Waals surface area contributed by atoms with Gasteiger partial charge < -0.3 is 9.47 Å². The number of carbonyl (C=O) groups is 2. The van der Waals surface area contributed by atoms with Gasteiger partial charge in [-0.3, -0.25) is 13.9 Å². The number of oxime groups is 1. The van der Waals surface area contributed by atoms with Crippen molar-refractivity contribution in [2.45, 2.75) is 46.0 Å². The zero-order valence-corrected chi connectivity index (χ0v) is 15.7. The van der Waals surface area contributed by atoms with Crippen molar-refractivity contribution in [2.24, 2.45) is 17.0 Å². The molecule has 0 aromatic heterocycles. The molecule has 1 unspecified atom stereocenters. The Bertz CT molecular complexity index is 526. The quantitative estimate of drug-likeness (QED) is 0.181. The molecule has 0 N–H and O–H groups in total. The molecule has 0 aliphatic rings. The molecule has 140 valence electrons. The van der Waals surface area contributed by atoms with Crippen LogP contribution in [0.3, 0.4) is 0 Å². The van der Waals surface area contributed by atoms with Crippen LogP contribution in [0.5, 0.6) is 0 Å². The SMILES string of the molecule is CCCCCC(C/C(C)=N/OS(C)(=O)=O)C(C(=O)OC)C(=O)OC. The molecule has 24 heavy (non-hydrogen) atoms. The average molecular weight is 365 g/mol. The van der Waals surface area contributed by atoms with Crippen LogP contribution in [0.15, 0.2) is 5.16 Å². The Balaban J connectivity index is 5.31. The van der Waals surface area contributed by atoms with E-state index in [9.17, 15) is 18.0 Å². The fourth-order valence-electron chi connectivity index (χ4n) is 2.33. The summed E-state index contributed by atoms with van der Waals surface area (Å²) in [6.45, 7) is 3.61. The van der Waals surface area contributed by atoms with E-state index in [2.05, 4.69) is 9.44 Å². The molecule has 0 saturated heterocycles. The van der Waals surface area contributed by atoms with Crippen LogP contribution in [0.1, 0.15) is 46.0 Å². The standard InChI is InChI=1S/C15H27NO7S/c1-6-7-8-9-12(10-11(2)16-23-24(5,19)20)13(14(17)21-3)15(18)22-4/h12-13H,6-10H2,1-5H3/b16-11+. The van der Waals surface area contributed by atoms with Crippen molar-refractivity contribution < 1.29 is 31.8 Å². The Labute approximate surface area is 143 Å². The lowest BCUT2D eigenvalue weighted by molar-refractivity contribution is -0.161. The number of unbranched alkanes of at least 4 members (excludes halogenated alkanes) is 2. The summed E-state index contributed by atoms with van der Waals surface area (Å²) in [6.07, 6.45) is 4.42. The molecular formula is C15H27NO7S. The Kier molecular flexibility index (Phi) is 10.3. The van der Waals surface area contributed by atoms with Gasteiger partial charge in [0, 0.05) is 0 Å². The number of hydrogen-bond donors (Lipinski definition) is 0. The van der Waals surface area contributed by atoms with Gasteiger partial charge in [-0.1, -0.05) is 31.3 Å². The fourth-order valence-corrected chi connectivity index (χ4v) is 2.59. The molecule has 0 heterocycles. The molecule has 0 aromatic carbocycles. The fraction of sp³-hybridized carbons (Fsp3) is 0.800. The summed E-state index contributed by atoms with van der Waals surface area (Å²) >= 11 is 0. The van der Waals surface area contributed by atoms with Crippen molar-refractivity contribution >= 4 is 27.8 Å². The largest absolute Gasteiger partial charge is 0.468 e. The lowest BCUT2D eigenvalue weighted by Gasteiger charge is -2.23. The summed E-state index contributed by atoms with van der Waals surface area (Å²) in [4.78, 5) is 24.0. The topological polar surface area (TPSA) is 108 Å². The van der Waals surface area contributed by atoms with E-state index in [0.29, 0.717) is 12.1 Å². The van der Waals surface area contributed by atoms with Crippen molar-refractivity contribution in [3.05, 3.63) is 0 Å². The number of hydrogen-bond acceptors (Lipinski definition) is 8. The monoisotopic (exact) mass is 365 g/mol. The average Bonchev–Trinajstić information content (AvgIpc) is 2.51. The molecule has 0 bridgehead atoms. The van der Waals surface area contributed by atoms with E-state index in [0.717, 1.165) is 25.5 Å². The highest BCUT2D eigenvalue weighted by molar-refractivity contribution is 7.85. The maximum Gasteiger partial charge on any atom is 0.325 e. The highest BCUT2D eigenvalue weighted by Gasteiger charge is 2.36. The van der Waals surface area contributed by atoms with Crippen molar-refractivity contribution in [3.63, 3.8) is 0 Å². The molecule has 8 nitrogen and oxygen atoms in total. The predicted molar refractivity (Wildman–Crippen MR) is 88.8 cm³/mol. The molecule has 0 aromatic rings. The van der Waals surface area contributed by atoms with Gasteiger partial charge in [0.05, 0.1) is 26.2 Å². The third kappa shape index (κ3) is 8.85.